The smallest absolute Gasteiger partial charge is 0.315 e. The predicted molar refractivity (Wildman–Crippen MR) is 180 cm³/mol. The van der Waals surface area contributed by atoms with Crippen LogP contribution >= 0.6 is 0 Å². The number of hydrogen-bond acceptors (Lipinski definition) is 7. The van der Waals surface area contributed by atoms with Crippen LogP contribution in [0.5, 0.6) is 0 Å². The first-order valence-corrected chi connectivity index (χ1v) is 18.4. The SMILES string of the molecule is CC1(C)C2=C(C(=O)NC(CC3CCC3)C(=O)C(N)=O)N(C(=O)[C@@H](NC(=O)NC3(CS(=O)c4ccccn4)CCCCC3)C(C)(C)C)CC21. The van der Waals surface area contributed by atoms with Gasteiger partial charge in [0.15, 0.2) is 0 Å². The molecule has 1 aliphatic heterocycles. The number of primary amides is 1. The van der Waals surface area contributed by atoms with Crippen LogP contribution in [0.15, 0.2) is 40.7 Å². The number of nitrogens with two attached hydrogens (primary N) is 1. The van der Waals surface area contributed by atoms with Gasteiger partial charge in [-0.15, -0.1) is 0 Å². The minimum atomic E-state index is -1.44. The van der Waals surface area contributed by atoms with Crippen LogP contribution in [0, 0.1) is 22.7 Å². The van der Waals surface area contributed by atoms with Crippen LogP contribution in [-0.4, -0.2) is 73.5 Å². The van der Waals surface area contributed by atoms with Crippen LogP contribution in [0.4, 0.5) is 4.79 Å². The molecule has 5 amide bonds. The number of carbonyl (C=O) groups excluding carboxylic acids is 5. The van der Waals surface area contributed by atoms with Gasteiger partial charge in [-0.1, -0.05) is 79.2 Å². The molecule has 0 bridgehead atoms. The Labute approximate surface area is 285 Å². The number of urea groups is 1. The molecule has 1 aromatic rings. The Bertz CT molecular complexity index is 1510. The summed E-state index contributed by atoms with van der Waals surface area (Å²) in [5.41, 5.74) is 4.55. The zero-order valence-electron chi connectivity index (χ0n) is 28.7. The second-order valence-corrected chi connectivity index (χ2v) is 17.1. The van der Waals surface area contributed by atoms with Crippen molar-refractivity contribution in [2.45, 2.75) is 115 Å². The summed E-state index contributed by atoms with van der Waals surface area (Å²) in [6.45, 7) is 9.81. The van der Waals surface area contributed by atoms with Gasteiger partial charge in [0, 0.05) is 18.7 Å². The molecule has 3 aliphatic carbocycles. The molecule has 0 radical (unpaired) electrons. The molecular formula is C35H50N6O6S. The van der Waals surface area contributed by atoms with Crippen molar-refractivity contribution >= 4 is 40.3 Å². The van der Waals surface area contributed by atoms with Gasteiger partial charge in [-0.25, -0.2) is 9.78 Å². The minimum Gasteiger partial charge on any atom is -0.363 e. The van der Waals surface area contributed by atoms with Crippen molar-refractivity contribution in [2.24, 2.45) is 28.4 Å². The Kier molecular flexibility index (Phi) is 10.2. The molecule has 13 heteroatoms. The van der Waals surface area contributed by atoms with Gasteiger partial charge >= 0.3 is 6.03 Å². The highest BCUT2D eigenvalue weighted by Gasteiger charge is 2.62. The van der Waals surface area contributed by atoms with E-state index in [1.54, 1.807) is 24.4 Å². The third kappa shape index (κ3) is 7.50. The van der Waals surface area contributed by atoms with Crippen molar-refractivity contribution in [1.29, 1.82) is 0 Å². The van der Waals surface area contributed by atoms with E-state index in [2.05, 4.69) is 20.9 Å². The number of pyridine rings is 1. The molecule has 12 nitrogen and oxygen atoms in total. The standard InChI is InChI=1S/C35H50N6O6S/c1-33(2,3)28(39-32(46)40-35(15-8-6-9-16-35)20-48(47)24-14-7-10-17-37-24)31(45)41-19-22-25(34(22,4)5)26(41)30(44)38-23(27(42)29(36)43)18-21-12-11-13-21/h7,10,14,17,21-23,28H,6,8-9,11-13,15-16,18-20H2,1-5H3,(H2,36,43)(H,38,44)(H2,39,40,46)/t22?,23?,28-,48?/m1/s1. The topological polar surface area (TPSA) is 181 Å². The molecule has 5 N–H and O–H groups in total. The largest absolute Gasteiger partial charge is 0.363 e. The van der Waals surface area contributed by atoms with Crippen molar-refractivity contribution in [2.75, 3.05) is 12.3 Å². The maximum atomic E-state index is 14.4. The van der Waals surface area contributed by atoms with Crippen LogP contribution in [0.3, 0.4) is 0 Å². The quantitative estimate of drug-likeness (QED) is 0.245. The van der Waals surface area contributed by atoms with Gasteiger partial charge in [-0.3, -0.25) is 23.4 Å². The molecule has 3 unspecified atom stereocenters. The highest BCUT2D eigenvalue weighted by Crippen LogP contribution is 2.63. The van der Waals surface area contributed by atoms with E-state index < -0.39 is 63.4 Å². The van der Waals surface area contributed by atoms with Crippen molar-refractivity contribution in [3.8, 4) is 0 Å². The first-order valence-electron chi connectivity index (χ1n) is 17.1. The lowest BCUT2D eigenvalue weighted by Gasteiger charge is -2.40. The van der Waals surface area contributed by atoms with Gasteiger partial charge < -0.3 is 26.6 Å². The maximum Gasteiger partial charge on any atom is 0.315 e. The molecule has 0 spiro atoms. The van der Waals surface area contributed by atoms with E-state index in [0.29, 0.717) is 24.3 Å². The molecule has 48 heavy (non-hydrogen) atoms. The molecule has 262 valence electrons. The van der Waals surface area contributed by atoms with Crippen LogP contribution < -0.4 is 21.7 Å². The van der Waals surface area contributed by atoms with Crippen molar-refractivity contribution in [3.05, 3.63) is 35.7 Å². The second kappa shape index (κ2) is 13.7. The molecule has 0 saturated heterocycles. The molecule has 0 aromatic carbocycles. The zero-order valence-corrected chi connectivity index (χ0v) is 29.5. The first kappa shape index (κ1) is 35.7. The Morgan fingerprint density at radius 1 is 1.04 bits per heavy atom. The summed E-state index contributed by atoms with van der Waals surface area (Å²) < 4.78 is 13.3. The lowest BCUT2D eigenvalue weighted by molar-refractivity contribution is -0.139. The van der Waals surface area contributed by atoms with Gasteiger partial charge in [0.2, 0.25) is 11.7 Å². The van der Waals surface area contributed by atoms with Gasteiger partial charge in [0.05, 0.1) is 28.1 Å². The Balaban J connectivity index is 1.35. The minimum absolute atomic E-state index is 0.0411. The number of Topliss-reactive ketones (excluding diaryl/α,β-unsaturated/α-hetero) is 1. The fraction of sp³-hybridized carbons (Fsp3) is 0.657. The van der Waals surface area contributed by atoms with Gasteiger partial charge in [0.1, 0.15) is 16.8 Å². The molecule has 4 aliphatic rings. The zero-order chi connectivity index (χ0) is 35.0. The van der Waals surface area contributed by atoms with E-state index in [1.165, 1.54) is 4.90 Å². The predicted octanol–water partition coefficient (Wildman–Crippen LogP) is 3.09. The molecule has 3 fully saturated rings. The molecular weight excluding hydrogens is 632 g/mol. The van der Waals surface area contributed by atoms with E-state index in [0.717, 1.165) is 44.1 Å². The van der Waals surface area contributed by atoms with Gasteiger partial charge in [0.25, 0.3) is 11.8 Å². The normalized spacial score (nSPS) is 23.2. The number of amides is 5. The van der Waals surface area contributed by atoms with E-state index in [9.17, 15) is 28.2 Å². The Morgan fingerprint density at radius 2 is 1.73 bits per heavy atom. The third-order valence-electron chi connectivity index (χ3n) is 10.7. The van der Waals surface area contributed by atoms with E-state index in [4.69, 9.17) is 5.73 Å². The van der Waals surface area contributed by atoms with Crippen LogP contribution in [0.2, 0.25) is 0 Å². The monoisotopic (exact) mass is 682 g/mol. The number of ketones is 1. The summed E-state index contributed by atoms with van der Waals surface area (Å²) in [6.07, 6.45) is 8.83. The summed E-state index contributed by atoms with van der Waals surface area (Å²) in [7, 11) is -1.44. The Hall–Kier alpha value is -3.61. The average Bonchev–Trinajstić information content (AvgIpc) is 3.32. The maximum absolute atomic E-state index is 14.4. The summed E-state index contributed by atoms with van der Waals surface area (Å²) in [4.78, 5) is 72.3. The fourth-order valence-corrected chi connectivity index (χ4v) is 8.96. The van der Waals surface area contributed by atoms with E-state index >= 15 is 0 Å². The van der Waals surface area contributed by atoms with Crippen molar-refractivity contribution in [3.63, 3.8) is 0 Å². The second-order valence-electron chi connectivity index (χ2n) is 15.7. The molecule has 5 rings (SSSR count). The third-order valence-corrected chi connectivity index (χ3v) is 12.2. The number of carbonyl (C=O) groups is 5. The van der Waals surface area contributed by atoms with Crippen molar-refractivity contribution < 1.29 is 28.2 Å². The summed E-state index contributed by atoms with van der Waals surface area (Å²) in [5, 5.41) is 9.23. The number of aromatic nitrogens is 1. The van der Waals surface area contributed by atoms with E-state index in [-0.39, 0.29) is 35.2 Å². The van der Waals surface area contributed by atoms with Crippen molar-refractivity contribution in [1.82, 2.24) is 25.8 Å². The summed E-state index contributed by atoms with van der Waals surface area (Å²) in [6, 6.07) is 2.63. The lowest BCUT2D eigenvalue weighted by Crippen LogP contribution is -2.62. The molecule has 1 aromatic heterocycles. The van der Waals surface area contributed by atoms with Gasteiger partial charge in [-0.2, -0.15) is 0 Å². The van der Waals surface area contributed by atoms with Crippen LogP contribution in [0.25, 0.3) is 0 Å². The number of fused-ring (bicyclic) bond motifs is 1. The highest BCUT2D eigenvalue weighted by atomic mass is 32.2. The fourth-order valence-electron chi connectivity index (χ4n) is 7.54. The number of nitrogens with one attached hydrogen (secondary N) is 3. The highest BCUT2D eigenvalue weighted by molar-refractivity contribution is 7.85. The number of nitrogens with zero attached hydrogens (tertiary/aromatic N) is 2. The van der Waals surface area contributed by atoms with Crippen LogP contribution in [0.1, 0.15) is 92.4 Å². The number of rotatable bonds is 12. The van der Waals surface area contributed by atoms with E-state index in [1.807, 2.05) is 34.6 Å². The molecule has 2 heterocycles. The summed E-state index contributed by atoms with van der Waals surface area (Å²) in [5.74, 6) is -2.62. The van der Waals surface area contributed by atoms with Gasteiger partial charge in [-0.05, 0) is 53.7 Å². The number of hydrogen-bond donors (Lipinski definition) is 4. The molecule has 4 atom stereocenters. The van der Waals surface area contributed by atoms with Crippen LogP contribution in [-0.2, 0) is 30.0 Å². The molecule has 3 saturated carbocycles. The lowest BCUT2D eigenvalue weighted by atomic mass is 9.80. The summed E-state index contributed by atoms with van der Waals surface area (Å²) >= 11 is 0. The Morgan fingerprint density at radius 3 is 2.29 bits per heavy atom. The average molecular weight is 683 g/mol. The first-order chi connectivity index (χ1) is 22.5.